The summed E-state index contributed by atoms with van der Waals surface area (Å²) in [5.41, 5.74) is 1.17. The van der Waals surface area contributed by atoms with Crippen LogP contribution < -0.4 is 0 Å². The van der Waals surface area contributed by atoms with Crippen molar-refractivity contribution < 1.29 is 0 Å². The SMILES string of the molecule is Cn1cc(Cn2cccn2)cn1. The molecule has 0 bridgehead atoms. The van der Waals surface area contributed by atoms with E-state index in [-0.39, 0.29) is 0 Å². The number of hydrogen-bond donors (Lipinski definition) is 0. The molecule has 12 heavy (non-hydrogen) atoms. The monoisotopic (exact) mass is 162 g/mol. The molecule has 0 radical (unpaired) electrons. The molecule has 0 aliphatic carbocycles. The van der Waals surface area contributed by atoms with Gasteiger partial charge in [-0.2, -0.15) is 10.2 Å². The van der Waals surface area contributed by atoms with Gasteiger partial charge in [0.15, 0.2) is 0 Å². The number of nitrogens with zero attached hydrogens (tertiary/aromatic N) is 4. The zero-order valence-electron chi connectivity index (χ0n) is 6.88. The third-order valence-corrected chi connectivity index (χ3v) is 1.66. The molecular formula is C8H10N4. The average Bonchev–Trinajstić information content (AvgIpc) is 2.63. The maximum Gasteiger partial charge on any atom is 0.0690 e. The van der Waals surface area contributed by atoms with Crippen LogP contribution in [0.2, 0.25) is 0 Å². The second kappa shape index (κ2) is 2.81. The minimum absolute atomic E-state index is 0.792. The van der Waals surface area contributed by atoms with Crippen LogP contribution in [0.15, 0.2) is 30.9 Å². The van der Waals surface area contributed by atoms with Crippen molar-refractivity contribution in [2.75, 3.05) is 0 Å². The van der Waals surface area contributed by atoms with E-state index in [0.717, 1.165) is 6.54 Å². The van der Waals surface area contributed by atoms with E-state index >= 15 is 0 Å². The van der Waals surface area contributed by atoms with E-state index in [1.54, 1.807) is 10.9 Å². The Morgan fingerprint density at radius 2 is 2.33 bits per heavy atom. The van der Waals surface area contributed by atoms with E-state index in [0.29, 0.717) is 0 Å². The van der Waals surface area contributed by atoms with Crippen molar-refractivity contribution in [1.82, 2.24) is 19.6 Å². The highest BCUT2D eigenvalue weighted by Gasteiger charge is 1.96. The third-order valence-electron chi connectivity index (χ3n) is 1.66. The number of aromatic nitrogens is 4. The summed E-state index contributed by atoms with van der Waals surface area (Å²) in [7, 11) is 1.91. The summed E-state index contributed by atoms with van der Waals surface area (Å²) in [5.74, 6) is 0. The van der Waals surface area contributed by atoms with E-state index in [1.807, 2.05) is 36.4 Å². The number of hydrogen-bond acceptors (Lipinski definition) is 2. The molecule has 0 aliphatic heterocycles. The van der Waals surface area contributed by atoms with E-state index < -0.39 is 0 Å². The summed E-state index contributed by atoms with van der Waals surface area (Å²) in [6.45, 7) is 0.792. The van der Waals surface area contributed by atoms with Gasteiger partial charge in [0.25, 0.3) is 0 Å². The van der Waals surface area contributed by atoms with Crippen molar-refractivity contribution in [3.63, 3.8) is 0 Å². The molecule has 0 saturated carbocycles. The molecule has 2 aromatic heterocycles. The summed E-state index contributed by atoms with van der Waals surface area (Å²) in [6.07, 6.45) is 7.55. The van der Waals surface area contributed by atoms with Gasteiger partial charge in [-0.15, -0.1) is 0 Å². The summed E-state index contributed by atoms with van der Waals surface area (Å²) < 4.78 is 3.66. The Morgan fingerprint density at radius 1 is 1.42 bits per heavy atom. The van der Waals surface area contributed by atoms with Crippen molar-refractivity contribution in [3.8, 4) is 0 Å². The van der Waals surface area contributed by atoms with Crippen LogP contribution in [0.25, 0.3) is 0 Å². The predicted molar refractivity (Wildman–Crippen MR) is 44.5 cm³/mol. The summed E-state index contributed by atoms with van der Waals surface area (Å²) >= 11 is 0. The Bertz CT molecular complexity index is 347. The molecule has 0 N–H and O–H groups in total. The first-order chi connectivity index (χ1) is 5.84. The van der Waals surface area contributed by atoms with Gasteiger partial charge >= 0.3 is 0 Å². The summed E-state index contributed by atoms with van der Waals surface area (Å²) in [5, 5.41) is 8.17. The largest absolute Gasteiger partial charge is 0.275 e. The van der Waals surface area contributed by atoms with E-state index in [1.165, 1.54) is 5.56 Å². The second-order valence-electron chi connectivity index (χ2n) is 2.73. The third kappa shape index (κ3) is 1.37. The Hall–Kier alpha value is -1.58. The quantitative estimate of drug-likeness (QED) is 0.650. The minimum atomic E-state index is 0.792. The molecule has 0 fully saturated rings. The van der Waals surface area contributed by atoms with Crippen molar-refractivity contribution in [1.29, 1.82) is 0 Å². The Morgan fingerprint density at radius 3 is 2.92 bits per heavy atom. The summed E-state index contributed by atoms with van der Waals surface area (Å²) in [4.78, 5) is 0. The first kappa shape index (κ1) is 7.09. The molecular weight excluding hydrogens is 152 g/mol. The first-order valence-corrected chi connectivity index (χ1v) is 3.79. The van der Waals surface area contributed by atoms with Gasteiger partial charge in [0.1, 0.15) is 0 Å². The van der Waals surface area contributed by atoms with E-state index in [4.69, 9.17) is 0 Å². The lowest BCUT2D eigenvalue weighted by molar-refractivity contribution is 0.685. The molecule has 2 heterocycles. The highest BCUT2D eigenvalue weighted by molar-refractivity contribution is 5.03. The van der Waals surface area contributed by atoms with Crippen LogP contribution in [0, 0.1) is 0 Å². The fourth-order valence-corrected chi connectivity index (χ4v) is 1.13. The minimum Gasteiger partial charge on any atom is -0.275 e. The van der Waals surface area contributed by atoms with Crippen LogP contribution in [0.5, 0.6) is 0 Å². The van der Waals surface area contributed by atoms with Gasteiger partial charge in [-0.3, -0.25) is 9.36 Å². The highest BCUT2D eigenvalue weighted by Crippen LogP contribution is 1.98. The van der Waals surface area contributed by atoms with Crippen molar-refractivity contribution in [2.24, 2.45) is 7.05 Å². The second-order valence-corrected chi connectivity index (χ2v) is 2.73. The van der Waals surface area contributed by atoms with Crippen LogP contribution in [0.1, 0.15) is 5.56 Å². The molecule has 2 aromatic rings. The van der Waals surface area contributed by atoms with Gasteiger partial charge in [0, 0.05) is 31.2 Å². The molecule has 62 valence electrons. The van der Waals surface area contributed by atoms with E-state index in [2.05, 4.69) is 10.2 Å². The van der Waals surface area contributed by atoms with Gasteiger partial charge < -0.3 is 0 Å². The fraction of sp³-hybridized carbons (Fsp3) is 0.250. The van der Waals surface area contributed by atoms with Gasteiger partial charge in [-0.25, -0.2) is 0 Å². The van der Waals surface area contributed by atoms with E-state index in [9.17, 15) is 0 Å². The van der Waals surface area contributed by atoms with Crippen molar-refractivity contribution in [3.05, 3.63) is 36.4 Å². The maximum absolute atomic E-state index is 4.10. The van der Waals surface area contributed by atoms with Crippen molar-refractivity contribution >= 4 is 0 Å². The lowest BCUT2D eigenvalue weighted by Gasteiger charge is -1.95. The van der Waals surface area contributed by atoms with Gasteiger partial charge in [-0.1, -0.05) is 0 Å². The molecule has 0 unspecified atom stereocenters. The first-order valence-electron chi connectivity index (χ1n) is 3.79. The number of aryl methyl sites for hydroxylation is 1. The predicted octanol–water partition coefficient (Wildman–Crippen LogP) is 0.665. The molecule has 2 rings (SSSR count). The van der Waals surface area contributed by atoms with Gasteiger partial charge in [0.05, 0.1) is 12.7 Å². The Balaban J connectivity index is 2.14. The molecule has 0 aromatic carbocycles. The Kier molecular flexibility index (Phi) is 1.66. The molecule has 4 heteroatoms. The summed E-state index contributed by atoms with van der Waals surface area (Å²) in [6, 6.07) is 1.91. The topological polar surface area (TPSA) is 35.6 Å². The van der Waals surface area contributed by atoms with Crippen LogP contribution >= 0.6 is 0 Å². The maximum atomic E-state index is 4.10. The number of rotatable bonds is 2. The highest BCUT2D eigenvalue weighted by atomic mass is 15.3. The molecule has 4 nitrogen and oxygen atoms in total. The van der Waals surface area contributed by atoms with Crippen LogP contribution in [-0.2, 0) is 13.6 Å². The Labute approximate surface area is 70.4 Å². The van der Waals surface area contributed by atoms with Gasteiger partial charge in [0.2, 0.25) is 0 Å². The zero-order chi connectivity index (χ0) is 8.39. The molecule has 0 atom stereocenters. The lowest BCUT2D eigenvalue weighted by atomic mass is 10.4. The zero-order valence-corrected chi connectivity index (χ0v) is 6.88. The van der Waals surface area contributed by atoms with Crippen molar-refractivity contribution in [2.45, 2.75) is 6.54 Å². The average molecular weight is 162 g/mol. The standard InChI is InChI=1S/C8H10N4/c1-11-6-8(5-10-11)7-12-4-2-3-9-12/h2-6H,7H2,1H3. The van der Waals surface area contributed by atoms with Crippen LogP contribution in [0.4, 0.5) is 0 Å². The molecule has 0 spiro atoms. The molecule has 0 aliphatic rings. The van der Waals surface area contributed by atoms with Crippen LogP contribution in [0.3, 0.4) is 0 Å². The smallest absolute Gasteiger partial charge is 0.0690 e. The molecule has 0 saturated heterocycles. The molecule has 0 amide bonds. The van der Waals surface area contributed by atoms with Crippen LogP contribution in [-0.4, -0.2) is 19.6 Å². The normalized spacial score (nSPS) is 10.4. The lowest BCUT2D eigenvalue weighted by Crippen LogP contribution is -1.98. The fourth-order valence-electron chi connectivity index (χ4n) is 1.13. The van der Waals surface area contributed by atoms with Gasteiger partial charge in [-0.05, 0) is 6.07 Å².